The minimum absolute atomic E-state index is 0.118. The summed E-state index contributed by atoms with van der Waals surface area (Å²) in [6.45, 7) is 3.62. The van der Waals surface area contributed by atoms with E-state index in [1.54, 1.807) is 6.07 Å². The Bertz CT molecular complexity index is 493. The third-order valence-electron chi connectivity index (χ3n) is 2.47. The van der Waals surface area contributed by atoms with Gasteiger partial charge in [0.25, 0.3) is 0 Å². The van der Waals surface area contributed by atoms with E-state index in [9.17, 15) is 9.59 Å². The van der Waals surface area contributed by atoms with Crippen LogP contribution in [-0.4, -0.2) is 22.6 Å². The number of amides is 1. The van der Waals surface area contributed by atoms with Crippen LogP contribution in [0, 0.1) is 0 Å². The maximum Gasteiger partial charge on any atom is 0.335 e. The Hall–Kier alpha value is -2.04. The monoisotopic (exact) mass is 235 g/mol. The summed E-state index contributed by atoms with van der Waals surface area (Å²) in [4.78, 5) is 22.4. The number of ether oxygens (including phenoxy) is 1. The number of carboxylic acids is 1. The van der Waals surface area contributed by atoms with Crippen LogP contribution in [0.2, 0.25) is 0 Å². The zero-order valence-corrected chi connectivity index (χ0v) is 9.61. The van der Waals surface area contributed by atoms with Crippen molar-refractivity contribution in [1.82, 2.24) is 0 Å². The lowest BCUT2D eigenvalue weighted by molar-refractivity contribution is -0.118. The van der Waals surface area contributed by atoms with E-state index < -0.39 is 11.6 Å². The number of carbonyl (C=O) groups is 2. The summed E-state index contributed by atoms with van der Waals surface area (Å²) in [5, 5.41) is 11.5. The fourth-order valence-electron chi connectivity index (χ4n) is 1.76. The molecule has 1 aromatic rings. The van der Waals surface area contributed by atoms with E-state index in [-0.39, 0.29) is 17.9 Å². The summed E-state index contributed by atoms with van der Waals surface area (Å²) < 4.78 is 5.67. The molecule has 1 aliphatic rings. The lowest BCUT2D eigenvalue weighted by Crippen LogP contribution is -2.30. The Labute approximate surface area is 98.4 Å². The topological polar surface area (TPSA) is 75.6 Å². The third kappa shape index (κ3) is 2.38. The molecule has 0 saturated carbocycles. The van der Waals surface area contributed by atoms with Gasteiger partial charge in [-0.15, -0.1) is 0 Å². The van der Waals surface area contributed by atoms with Gasteiger partial charge in [-0.25, -0.2) is 4.79 Å². The Morgan fingerprint density at radius 3 is 2.82 bits per heavy atom. The van der Waals surface area contributed by atoms with Crippen LogP contribution in [0.1, 0.15) is 30.6 Å². The molecule has 0 spiro atoms. The number of hydrogen-bond donors (Lipinski definition) is 2. The number of anilines is 1. The van der Waals surface area contributed by atoms with Crippen molar-refractivity contribution in [2.24, 2.45) is 0 Å². The van der Waals surface area contributed by atoms with Crippen LogP contribution in [0.15, 0.2) is 18.2 Å². The van der Waals surface area contributed by atoms with Gasteiger partial charge in [-0.2, -0.15) is 0 Å². The van der Waals surface area contributed by atoms with Gasteiger partial charge in [0.1, 0.15) is 11.4 Å². The van der Waals surface area contributed by atoms with E-state index in [2.05, 4.69) is 5.32 Å². The van der Waals surface area contributed by atoms with Gasteiger partial charge >= 0.3 is 5.97 Å². The van der Waals surface area contributed by atoms with Gasteiger partial charge in [-0.1, -0.05) is 0 Å². The first-order valence-corrected chi connectivity index (χ1v) is 5.24. The van der Waals surface area contributed by atoms with Crippen molar-refractivity contribution in [3.63, 3.8) is 0 Å². The maximum absolute atomic E-state index is 11.6. The van der Waals surface area contributed by atoms with Gasteiger partial charge in [0.15, 0.2) is 0 Å². The average molecular weight is 235 g/mol. The number of nitrogens with one attached hydrogen (secondary N) is 1. The van der Waals surface area contributed by atoms with Gasteiger partial charge in [-0.05, 0) is 32.0 Å². The molecule has 0 aliphatic carbocycles. The molecule has 0 bridgehead atoms. The Kier molecular flexibility index (Phi) is 2.53. The molecule has 0 radical (unpaired) electrons. The van der Waals surface area contributed by atoms with Crippen LogP contribution in [-0.2, 0) is 4.79 Å². The Morgan fingerprint density at radius 1 is 1.47 bits per heavy atom. The zero-order chi connectivity index (χ0) is 12.6. The van der Waals surface area contributed by atoms with Gasteiger partial charge in [-0.3, -0.25) is 4.79 Å². The first-order valence-electron chi connectivity index (χ1n) is 5.24. The molecule has 5 heteroatoms. The van der Waals surface area contributed by atoms with E-state index in [1.807, 2.05) is 13.8 Å². The Balaban J connectivity index is 2.45. The van der Waals surface area contributed by atoms with Crippen LogP contribution in [0.3, 0.4) is 0 Å². The first kappa shape index (κ1) is 11.4. The summed E-state index contributed by atoms with van der Waals surface area (Å²) in [6.07, 6.45) is 0.226. The van der Waals surface area contributed by atoms with Crippen LogP contribution < -0.4 is 10.1 Å². The molecular weight excluding hydrogens is 222 g/mol. The maximum atomic E-state index is 11.6. The van der Waals surface area contributed by atoms with Crippen molar-refractivity contribution >= 4 is 17.6 Å². The molecule has 0 aromatic heterocycles. The lowest BCUT2D eigenvalue weighted by atomic mass is 10.1. The van der Waals surface area contributed by atoms with Crippen molar-refractivity contribution in [2.45, 2.75) is 25.9 Å². The zero-order valence-electron chi connectivity index (χ0n) is 9.61. The van der Waals surface area contributed by atoms with Crippen molar-refractivity contribution in [3.05, 3.63) is 23.8 Å². The molecule has 2 rings (SSSR count). The molecule has 1 amide bonds. The second-order valence-electron chi connectivity index (χ2n) is 4.60. The summed E-state index contributed by atoms with van der Waals surface area (Å²) in [5.41, 5.74) is -0.0760. The highest BCUT2D eigenvalue weighted by Gasteiger charge is 2.29. The normalized spacial score (nSPS) is 17.4. The van der Waals surface area contributed by atoms with Gasteiger partial charge in [0, 0.05) is 0 Å². The van der Waals surface area contributed by atoms with E-state index in [0.717, 1.165) is 0 Å². The number of aromatic carboxylic acids is 1. The van der Waals surface area contributed by atoms with Crippen LogP contribution in [0.4, 0.5) is 5.69 Å². The van der Waals surface area contributed by atoms with Crippen LogP contribution in [0.5, 0.6) is 5.75 Å². The fourth-order valence-corrected chi connectivity index (χ4v) is 1.76. The standard InChI is InChI=1S/C12H13NO4/c1-12(2)6-10(14)13-8-5-7(11(15)16)3-4-9(8)17-12/h3-5H,6H2,1-2H3,(H,13,14)(H,15,16). The number of rotatable bonds is 1. The smallest absolute Gasteiger partial charge is 0.335 e. The average Bonchev–Trinajstić information content (AvgIpc) is 2.29. The summed E-state index contributed by atoms with van der Waals surface area (Å²) >= 11 is 0. The highest BCUT2D eigenvalue weighted by atomic mass is 16.5. The molecule has 2 N–H and O–H groups in total. The van der Waals surface area contributed by atoms with E-state index in [1.165, 1.54) is 12.1 Å². The highest BCUT2D eigenvalue weighted by molar-refractivity contribution is 5.96. The second kappa shape index (κ2) is 3.76. The quantitative estimate of drug-likeness (QED) is 0.779. The molecule has 90 valence electrons. The SMILES string of the molecule is CC1(C)CC(=O)Nc2cc(C(=O)O)ccc2O1. The molecule has 17 heavy (non-hydrogen) atoms. The van der Waals surface area contributed by atoms with E-state index in [0.29, 0.717) is 11.4 Å². The minimum Gasteiger partial charge on any atom is -0.485 e. The van der Waals surface area contributed by atoms with Crippen LogP contribution >= 0.6 is 0 Å². The lowest BCUT2D eigenvalue weighted by Gasteiger charge is -2.23. The second-order valence-corrected chi connectivity index (χ2v) is 4.60. The van der Waals surface area contributed by atoms with Crippen molar-refractivity contribution in [3.8, 4) is 5.75 Å². The van der Waals surface area contributed by atoms with Gasteiger partial charge in [0.05, 0.1) is 17.7 Å². The van der Waals surface area contributed by atoms with Gasteiger partial charge < -0.3 is 15.2 Å². The molecule has 0 saturated heterocycles. The first-order chi connectivity index (χ1) is 7.87. The van der Waals surface area contributed by atoms with Gasteiger partial charge in [0.2, 0.25) is 5.91 Å². The highest BCUT2D eigenvalue weighted by Crippen LogP contribution is 2.33. The molecule has 5 nitrogen and oxygen atoms in total. The molecular formula is C12H13NO4. The third-order valence-corrected chi connectivity index (χ3v) is 2.47. The Morgan fingerprint density at radius 2 is 2.18 bits per heavy atom. The molecule has 0 unspecified atom stereocenters. The van der Waals surface area contributed by atoms with Crippen molar-refractivity contribution in [1.29, 1.82) is 0 Å². The fraction of sp³-hybridized carbons (Fsp3) is 0.333. The molecule has 1 heterocycles. The summed E-state index contributed by atoms with van der Waals surface area (Å²) in [7, 11) is 0. The number of hydrogen-bond acceptors (Lipinski definition) is 3. The molecule has 1 aromatic carbocycles. The number of carbonyl (C=O) groups excluding carboxylic acids is 1. The number of benzene rings is 1. The van der Waals surface area contributed by atoms with Crippen LogP contribution in [0.25, 0.3) is 0 Å². The number of carboxylic acid groups (broad SMARTS) is 1. The minimum atomic E-state index is -1.04. The summed E-state index contributed by atoms with van der Waals surface area (Å²) in [6, 6.07) is 4.41. The predicted octanol–water partition coefficient (Wildman–Crippen LogP) is 1.88. The number of fused-ring (bicyclic) bond motifs is 1. The molecule has 1 aliphatic heterocycles. The summed E-state index contributed by atoms with van der Waals surface area (Å²) in [5.74, 6) is -0.729. The van der Waals surface area contributed by atoms with E-state index in [4.69, 9.17) is 9.84 Å². The molecule has 0 atom stereocenters. The largest absolute Gasteiger partial charge is 0.485 e. The molecule has 0 fully saturated rings. The van der Waals surface area contributed by atoms with Crippen molar-refractivity contribution in [2.75, 3.05) is 5.32 Å². The predicted molar refractivity (Wildman–Crippen MR) is 61.4 cm³/mol. The van der Waals surface area contributed by atoms with Crippen molar-refractivity contribution < 1.29 is 19.4 Å². The van der Waals surface area contributed by atoms with E-state index >= 15 is 0 Å².